The lowest BCUT2D eigenvalue weighted by molar-refractivity contribution is 0.442. The summed E-state index contributed by atoms with van der Waals surface area (Å²) < 4.78 is 0. The second kappa shape index (κ2) is 5.82. The number of fused-ring (bicyclic) bond motifs is 1. The summed E-state index contributed by atoms with van der Waals surface area (Å²) in [7, 11) is 0. The Morgan fingerprint density at radius 1 is 1.42 bits per heavy atom. The van der Waals surface area contributed by atoms with E-state index >= 15 is 0 Å². The van der Waals surface area contributed by atoms with Gasteiger partial charge in [0.2, 0.25) is 0 Å². The zero-order valence-corrected chi connectivity index (χ0v) is 11.9. The van der Waals surface area contributed by atoms with Crippen LogP contribution >= 0.6 is 11.3 Å². The summed E-state index contributed by atoms with van der Waals surface area (Å²) in [6.45, 7) is 4.22. The third-order valence-corrected chi connectivity index (χ3v) is 4.59. The molecule has 19 heavy (non-hydrogen) atoms. The number of nitrogens with one attached hydrogen (secondary N) is 2. The number of hydrogen-bond donors (Lipinski definition) is 2. The minimum absolute atomic E-state index is 0.302. The maximum absolute atomic E-state index is 4.40. The van der Waals surface area contributed by atoms with E-state index in [1.807, 2.05) is 11.6 Å². The smallest absolute Gasteiger partial charge is 0.109 e. The third-order valence-electron chi connectivity index (χ3n) is 3.63. The Kier molecular flexibility index (Phi) is 3.92. The van der Waals surface area contributed by atoms with Crippen molar-refractivity contribution < 1.29 is 0 Å². The highest BCUT2D eigenvalue weighted by molar-refractivity contribution is 7.09. The summed E-state index contributed by atoms with van der Waals surface area (Å²) in [5.41, 5.74) is 2.83. The molecule has 1 aliphatic rings. The van der Waals surface area contributed by atoms with Crippen LogP contribution in [0.25, 0.3) is 0 Å². The van der Waals surface area contributed by atoms with Crippen molar-refractivity contribution in [3.8, 4) is 0 Å². The highest BCUT2D eigenvalue weighted by atomic mass is 32.1. The Morgan fingerprint density at radius 3 is 3.16 bits per heavy atom. The number of thiazole rings is 1. The fourth-order valence-electron chi connectivity index (χ4n) is 2.65. The van der Waals surface area contributed by atoms with Gasteiger partial charge in [0.15, 0.2) is 0 Å². The van der Waals surface area contributed by atoms with E-state index in [1.54, 1.807) is 11.3 Å². The van der Waals surface area contributed by atoms with E-state index in [1.165, 1.54) is 11.1 Å². The minimum atomic E-state index is 0.302. The van der Waals surface area contributed by atoms with Crippen molar-refractivity contribution in [1.29, 1.82) is 0 Å². The molecular formula is C15H19N3S. The fourth-order valence-corrected chi connectivity index (χ4v) is 3.31. The van der Waals surface area contributed by atoms with Gasteiger partial charge in [-0.05, 0) is 31.0 Å². The van der Waals surface area contributed by atoms with Crippen LogP contribution in [0.15, 0.2) is 35.8 Å². The summed E-state index contributed by atoms with van der Waals surface area (Å²) in [5.74, 6) is 0. The van der Waals surface area contributed by atoms with Crippen LogP contribution in [0.3, 0.4) is 0 Å². The van der Waals surface area contributed by atoms with Crippen molar-refractivity contribution in [1.82, 2.24) is 15.6 Å². The van der Waals surface area contributed by atoms with E-state index in [0.717, 1.165) is 24.5 Å². The molecule has 2 aromatic rings. The van der Waals surface area contributed by atoms with Gasteiger partial charge in [-0.1, -0.05) is 24.3 Å². The number of benzene rings is 1. The Balaban J connectivity index is 1.80. The molecule has 0 aliphatic carbocycles. The van der Waals surface area contributed by atoms with E-state index < -0.39 is 0 Å². The average molecular weight is 273 g/mol. The van der Waals surface area contributed by atoms with Gasteiger partial charge >= 0.3 is 0 Å². The molecule has 3 rings (SSSR count). The molecule has 2 atom stereocenters. The first-order valence-electron chi connectivity index (χ1n) is 6.78. The van der Waals surface area contributed by atoms with E-state index in [4.69, 9.17) is 0 Å². The van der Waals surface area contributed by atoms with Crippen molar-refractivity contribution >= 4 is 11.3 Å². The molecule has 0 saturated carbocycles. The molecule has 0 bridgehead atoms. The molecule has 1 aromatic heterocycles. The molecule has 4 heteroatoms. The molecule has 0 amide bonds. The van der Waals surface area contributed by atoms with Gasteiger partial charge in [-0.15, -0.1) is 11.3 Å². The van der Waals surface area contributed by atoms with E-state index in [0.29, 0.717) is 12.1 Å². The SMILES string of the molecule is CC(NC1CCNCc2ccccc21)c1nccs1. The van der Waals surface area contributed by atoms with Crippen LogP contribution in [-0.4, -0.2) is 11.5 Å². The largest absolute Gasteiger partial charge is 0.313 e. The molecule has 0 radical (unpaired) electrons. The van der Waals surface area contributed by atoms with Crippen molar-refractivity contribution in [2.75, 3.05) is 6.54 Å². The summed E-state index contributed by atoms with van der Waals surface area (Å²) in [6.07, 6.45) is 2.99. The molecule has 0 spiro atoms. The maximum Gasteiger partial charge on any atom is 0.109 e. The lowest BCUT2D eigenvalue weighted by atomic mass is 9.99. The second-order valence-corrected chi connectivity index (χ2v) is 5.90. The second-order valence-electron chi connectivity index (χ2n) is 4.98. The van der Waals surface area contributed by atoms with Crippen LogP contribution < -0.4 is 10.6 Å². The van der Waals surface area contributed by atoms with E-state index in [-0.39, 0.29) is 0 Å². The molecule has 3 nitrogen and oxygen atoms in total. The Bertz CT molecular complexity index is 524. The topological polar surface area (TPSA) is 37.0 Å². The molecule has 1 aromatic carbocycles. The van der Waals surface area contributed by atoms with E-state index in [2.05, 4.69) is 46.8 Å². The molecule has 100 valence electrons. The van der Waals surface area contributed by atoms with Gasteiger partial charge in [-0.2, -0.15) is 0 Å². The van der Waals surface area contributed by atoms with Crippen LogP contribution in [0.4, 0.5) is 0 Å². The van der Waals surface area contributed by atoms with Crippen LogP contribution in [0, 0.1) is 0 Å². The molecule has 2 unspecified atom stereocenters. The van der Waals surface area contributed by atoms with Gasteiger partial charge in [0.25, 0.3) is 0 Å². The van der Waals surface area contributed by atoms with Crippen molar-refractivity contribution in [3.63, 3.8) is 0 Å². The molecule has 2 N–H and O–H groups in total. The first-order valence-corrected chi connectivity index (χ1v) is 7.66. The Hall–Kier alpha value is -1.23. The lowest BCUT2D eigenvalue weighted by Crippen LogP contribution is -2.26. The molecule has 2 heterocycles. The van der Waals surface area contributed by atoms with Gasteiger partial charge in [-0.25, -0.2) is 4.98 Å². The van der Waals surface area contributed by atoms with Crippen molar-refractivity contribution in [2.45, 2.75) is 32.0 Å². The molecule has 0 fully saturated rings. The zero-order chi connectivity index (χ0) is 13.1. The summed E-state index contributed by atoms with van der Waals surface area (Å²) in [6, 6.07) is 9.42. The predicted octanol–water partition coefficient (Wildman–Crippen LogP) is 3.03. The molecule has 1 aliphatic heterocycles. The van der Waals surface area contributed by atoms with Gasteiger partial charge in [0.1, 0.15) is 5.01 Å². The van der Waals surface area contributed by atoms with Crippen molar-refractivity contribution in [2.24, 2.45) is 0 Å². The maximum atomic E-state index is 4.40. The predicted molar refractivity (Wildman–Crippen MR) is 79.2 cm³/mol. The fraction of sp³-hybridized carbons (Fsp3) is 0.400. The van der Waals surface area contributed by atoms with Crippen LogP contribution in [0.1, 0.15) is 41.6 Å². The molecule has 0 saturated heterocycles. The van der Waals surface area contributed by atoms with Crippen molar-refractivity contribution in [3.05, 3.63) is 52.0 Å². The minimum Gasteiger partial charge on any atom is -0.313 e. The number of aromatic nitrogens is 1. The summed E-state index contributed by atoms with van der Waals surface area (Å²) >= 11 is 1.72. The van der Waals surface area contributed by atoms with Crippen LogP contribution in [0.5, 0.6) is 0 Å². The van der Waals surface area contributed by atoms with Crippen LogP contribution in [0.2, 0.25) is 0 Å². The number of rotatable bonds is 3. The average Bonchev–Trinajstić information content (AvgIpc) is 2.90. The lowest BCUT2D eigenvalue weighted by Gasteiger charge is -2.22. The molecular weight excluding hydrogens is 254 g/mol. The van der Waals surface area contributed by atoms with Crippen LogP contribution in [-0.2, 0) is 6.54 Å². The third kappa shape index (κ3) is 2.86. The van der Waals surface area contributed by atoms with E-state index in [9.17, 15) is 0 Å². The highest BCUT2D eigenvalue weighted by Gasteiger charge is 2.20. The summed E-state index contributed by atoms with van der Waals surface area (Å²) in [4.78, 5) is 4.40. The van der Waals surface area contributed by atoms with Gasteiger partial charge in [-0.3, -0.25) is 0 Å². The number of nitrogens with zero attached hydrogens (tertiary/aromatic N) is 1. The van der Waals surface area contributed by atoms with Gasteiger partial charge in [0.05, 0.1) is 6.04 Å². The zero-order valence-electron chi connectivity index (χ0n) is 11.1. The normalized spacial score (nSPS) is 20.6. The quantitative estimate of drug-likeness (QED) is 0.902. The standard InChI is InChI=1S/C15H19N3S/c1-11(15-17-8-9-19-15)18-14-6-7-16-10-12-4-2-3-5-13(12)14/h2-5,8-9,11,14,16,18H,6-7,10H2,1H3. The number of hydrogen-bond acceptors (Lipinski definition) is 4. The van der Waals surface area contributed by atoms with Gasteiger partial charge < -0.3 is 10.6 Å². The monoisotopic (exact) mass is 273 g/mol. The Labute approximate surface area is 118 Å². The Morgan fingerprint density at radius 2 is 2.32 bits per heavy atom. The first-order chi connectivity index (χ1) is 9.34. The first kappa shape index (κ1) is 12.8. The highest BCUT2D eigenvalue weighted by Crippen LogP contribution is 2.27. The van der Waals surface area contributed by atoms with Gasteiger partial charge in [0, 0.05) is 24.2 Å². The summed E-state index contributed by atoms with van der Waals surface area (Å²) in [5, 5.41) is 10.4.